The lowest BCUT2D eigenvalue weighted by Crippen LogP contribution is -2.13. The summed E-state index contributed by atoms with van der Waals surface area (Å²) >= 11 is 6.17. The topological polar surface area (TPSA) is 0 Å². The maximum Gasteiger partial charge on any atom is 0.0868 e. The molecule has 0 amide bonds. The van der Waals surface area contributed by atoms with Crippen molar-refractivity contribution in [2.24, 2.45) is 0 Å². The number of hydrogen-bond acceptors (Lipinski definition) is 3. The molecule has 0 N–H and O–H groups in total. The monoisotopic (exact) mass is 258 g/mol. The van der Waals surface area contributed by atoms with Gasteiger partial charge in [0.1, 0.15) is 0 Å². The van der Waals surface area contributed by atoms with Gasteiger partial charge in [-0.05, 0) is 28.8 Å². The molecular formula is C12H18S3. The molecule has 0 atom stereocenters. The van der Waals surface area contributed by atoms with E-state index in [4.69, 9.17) is 0 Å². The minimum Gasteiger partial charge on any atom is -0.152 e. The highest BCUT2D eigenvalue weighted by atomic mass is 32.2. The van der Waals surface area contributed by atoms with Crippen molar-refractivity contribution < 1.29 is 0 Å². The summed E-state index contributed by atoms with van der Waals surface area (Å²) < 4.78 is 0.412. The first-order valence-corrected chi connectivity index (χ1v) is 8.59. The third-order valence-corrected chi connectivity index (χ3v) is 7.10. The van der Waals surface area contributed by atoms with Crippen LogP contribution in [0, 0.1) is 0 Å². The number of thioether (sulfide) groups is 2. The third-order valence-electron chi connectivity index (χ3n) is 2.82. The van der Waals surface area contributed by atoms with Crippen LogP contribution in [0.5, 0.6) is 0 Å². The predicted molar refractivity (Wildman–Crippen MR) is 75.1 cm³/mol. The Morgan fingerprint density at radius 3 is 2.67 bits per heavy atom. The summed E-state index contributed by atoms with van der Waals surface area (Å²) in [7, 11) is 0. The van der Waals surface area contributed by atoms with E-state index in [0.29, 0.717) is 4.08 Å². The van der Waals surface area contributed by atoms with Gasteiger partial charge in [0.15, 0.2) is 0 Å². The molecule has 0 aliphatic carbocycles. The highest BCUT2D eigenvalue weighted by molar-refractivity contribution is 8.20. The van der Waals surface area contributed by atoms with Gasteiger partial charge in [-0.25, -0.2) is 0 Å². The van der Waals surface area contributed by atoms with Crippen LogP contribution < -0.4 is 0 Å². The Morgan fingerprint density at radius 1 is 1.27 bits per heavy atom. The molecule has 0 saturated carbocycles. The van der Waals surface area contributed by atoms with E-state index in [9.17, 15) is 0 Å². The van der Waals surface area contributed by atoms with Crippen molar-refractivity contribution in [1.29, 1.82) is 0 Å². The second kappa shape index (κ2) is 5.65. The van der Waals surface area contributed by atoms with Crippen molar-refractivity contribution in [2.45, 2.75) is 36.7 Å². The average molecular weight is 258 g/mol. The normalized spacial score (nSPS) is 19.5. The van der Waals surface area contributed by atoms with Crippen LogP contribution >= 0.6 is 34.9 Å². The van der Waals surface area contributed by atoms with Gasteiger partial charge in [-0.1, -0.05) is 26.2 Å². The predicted octanol–water partition coefficient (Wildman–Crippen LogP) is 4.96. The minimum atomic E-state index is 0.412. The van der Waals surface area contributed by atoms with Crippen molar-refractivity contribution >= 4 is 34.9 Å². The molecule has 2 heterocycles. The number of rotatable bonds is 5. The van der Waals surface area contributed by atoms with Crippen LogP contribution in [0.2, 0.25) is 0 Å². The van der Waals surface area contributed by atoms with Gasteiger partial charge in [-0.2, -0.15) is 11.3 Å². The minimum absolute atomic E-state index is 0.412. The van der Waals surface area contributed by atoms with E-state index in [1.165, 1.54) is 37.2 Å². The van der Waals surface area contributed by atoms with Gasteiger partial charge in [0, 0.05) is 11.5 Å². The largest absolute Gasteiger partial charge is 0.152 e. The molecule has 1 aromatic rings. The molecule has 84 valence electrons. The average Bonchev–Trinajstić information content (AvgIpc) is 2.89. The Hall–Kier alpha value is 0.400. The number of unbranched alkanes of at least 4 members (excludes halogenated alkanes) is 2. The smallest absolute Gasteiger partial charge is 0.0868 e. The molecule has 3 heteroatoms. The second-order valence-electron chi connectivity index (χ2n) is 3.92. The lowest BCUT2D eigenvalue weighted by molar-refractivity contribution is 0.640. The number of thiophene rings is 1. The fourth-order valence-electron chi connectivity index (χ4n) is 2.00. The summed E-state index contributed by atoms with van der Waals surface area (Å²) in [5.74, 6) is 2.65. The first-order valence-electron chi connectivity index (χ1n) is 5.68. The molecule has 0 nitrogen and oxygen atoms in total. The number of hydrogen-bond donors (Lipinski definition) is 0. The zero-order chi connectivity index (χ0) is 10.6. The van der Waals surface area contributed by atoms with Crippen molar-refractivity contribution in [1.82, 2.24) is 0 Å². The second-order valence-corrected chi connectivity index (χ2v) is 7.75. The van der Waals surface area contributed by atoms with Crippen molar-refractivity contribution in [3.8, 4) is 0 Å². The van der Waals surface area contributed by atoms with E-state index >= 15 is 0 Å². The molecule has 1 aliphatic rings. The summed E-state index contributed by atoms with van der Waals surface area (Å²) in [6.07, 6.45) is 5.45. The summed E-state index contributed by atoms with van der Waals surface area (Å²) in [6.45, 7) is 2.28. The van der Waals surface area contributed by atoms with E-state index in [-0.39, 0.29) is 0 Å². The van der Waals surface area contributed by atoms with E-state index < -0.39 is 0 Å². The Bertz CT molecular complexity index is 273. The molecule has 1 fully saturated rings. The van der Waals surface area contributed by atoms with Gasteiger partial charge in [-0.3, -0.25) is 0 Å². The highest BCUT2D eigenvalue weighted by Gasteiger charge is 2.36. The van der Waals surface area contributed by atoms with Gasteiger partial charge in [0.25, 0.3) is 0 Å². The molecule has 0 radical (unpaired) electrons. The molecule has 0 aromatic carbocycles. The Balaban J connectivity index is 2.04. The lowest BCUT2D eigenvalue weighted by atomic mass is 10.1. The van der Waals surface area contributed by atoms with Gasteiger partial charge < -0.3 is 0 Å². The zero-order valence-electron chi connectivity index (χ0n) is 9.20. The summed E-state index contributed by atoms with van der Waals surface area (Å²) in [5, 5.41) is 4.56. The molecule has 0 unspecified atom stereocenters. The first-order chi connectivity index (χ1) is 7.37. The molecule has 0 bridgehead atoms. The molecule has 1 saturated heterocycles. The Labute approximate surface area is 105 Å². The van der Waals surface area contributed by atoms with Crippen molar-refractivity contribution in [3.63, 3.8) is 0 Å². The third kappa shape index (κ3) is 2.75. The lowest BCUT2D eigenvalue weighted by Gasteiger charge is -2.26. The summed E-state index contributed by atoms with van der Waals surface area (Å²) in [5.41, 5.74) is 1.57. The zero-order valence-corrected chi connectivity index (χ0v) is 11.6. The fourth-order valence-corrected chi connectivity index (χ4v) is 6.20. The summed E-state index contributed by atoms with van der Waals surface area (Å²) in [4.78, 5) is 0. The van der Waals surface area contributed by atoms with Gasteiger partial charge in [0.2, 0.25) is 0 Å². The standard InChI is InChI=1S/C12H18S3/c1-2-3-4-6-12(14-8-9-15-12)11-5-7-13-10-11/h5,7,10H,2-4,6,8-9H2,1H3. The van der Waals surface area contributed by atoms with E-state index in [1.807, 2.05) is 11.3 Å². The van der Waals surface area contributed by atoms with Crippen LogP contribution in [-0.4, -0.2) is 11.5 Å². The summed E-state index contributed by atoms with van der Waals surface area (Å²) in [6, 6.07) is 2.32. The van der Waals surface area contributed by atoms with E-state index in [1.54, 1.807) is 5.56 Å². The van der Waals surface area contributed by atoms with Crippen LogP contribution in [-0.2, 0) is 4.08 Å². The maximum atomic E-state index is 2.34. The SMILES string of the molecule is CCCCCC1(c2ccsc2)SCCS1. The Kier molecular flexibility index (Phi) is 4.47. The quantitative estimate of drug-likeness (QED) is 0.685. The van der Waals surface area contributed by atoms with Gasteiger partial charge in [-0.15, -0.1) is 23.5 Å². The first kappa shape index (κ1) is 11.9. The molecule has 15 heavy (non-hydrogen) atoms. The van der Waals surface area contributed by atoms with Crippen molar-refractivity contribution in [2.75, 3.05) is 11.5 Å². The Morgan fingerprint density at radius 2 is 2.07 bits per heavy atom. The molecular weight excluding hydrogens is 240 g/mol. The van der Waals surface area contributed by atoms with Crippen molar-refractivity contribution in [3.05, 3.63) is 22.4 Å². The van der Waals surface area contributed by atoms with E-state index in [2.05, 4.69) is 47.3 Å². The van der Waals surface area contributed by atoms with Crippen LogP contribution in [0.4, 0.5) is 0 Å². The van der Waals surface area contributed by atoms with Gasteiger partial charge >= 0.3 is 0 Å². The maximum absolute atomic E-state index is 2.34. The molecule has 1 aliphatic heterocycles. The fraction of sp³-hybridized carbons (Fsp3) is 0.667. The van der Waals surface area contributed by atoms with Crippen LogP contribution in [0.3, 0.4) is 0 Å². The van der Waals surface area contributed by atoms with Crippen LogP contribution in [0.15, 0.2) is 16.8 Å². The molecule has 1 aromatic heterocycles. The van der Waals surface area contributed by atoms with Crippen LogP contribution in [0.1, 0.15) is 38.2 Å². The molecule has 2 rings (SSSR count). The highest BCUT2D eigenvalue weighted by Crippen LogP contribution is 2.55. The van der Waals surface area contributed by atoms with E-state index in [0.717, 1.165) is 0 Å². The molecule has 0 spiro atoms. The van der Waals surface area contributed by atoms with Crippen LogP contribution in [0.25, 0.3) is 0 Å². The van der Waals surface area contributed by atoms with Gasteiger partial charge in [0.05, 0.1) is 4.08 Å².